The molecule has 0 spiro atoms. The molecule has 1 radical (unpaired) electrons. The normalized spacial score (nSPS) is 10.2. The molecular weight excluding hydrogens is 208 g/mol. The first kappa shape index (κ1) is 11.7. The summed E-state index contributed by atoms with van der Waals surface area (Å²) in [5.74, 6) is 0.941. The van der Waals surface area contributed by atoms with Gasteiger partial charge in [-0.15, -0.1) is 0 Å². The quantitative estimate of drug-likeness (QED) is 0.745. The zero-order valence-corrected chi connectivity index (χ0v) is 10.1. The first-order valence-electron chi connectivity index (χ1n) is 6.01. The lowest BCUT2D eigenvalue weighted by Crippen LogP contribution is -1.95. The Labute approximate surface area is 103 Å². The van der Waals surface area contributed by atoms with Gasteiger partial charge in [-0.05, 0) is 29.7 Å². The molecule has 2 rings (SSSR count). The molecule has 2 aromatic carbocycles. The molecule has 1 nitrogen and oxygen atoms in total. The van der Waals surface area contributed by atoms with Gasteiger partial charge in [-0.1, -0.05) is 49.4 Å². The fraction of sp³-hybridized carbons (Fsp3) is 0.188. The molecule has 0 heterocycles. The Morgan fingerprint density at radius 2 is 1.71 bits per heavy atom. The maximum atomic E-state index is 5.61. The first-order valence-corrected chi connectivity index (χ1v) is 6.01. The highest BCUT2D eigenvalue weighted by Crippen LogP contribution is 2.17. The van der Waals surface area contributed by atoms with Crippen LogP contribution in [-0.4, -0.2) is 6.61 Å². The minimum absolute atomic E-state index is 0.773. The summed E-state index contributed by atoms with van der Waals surface area (Å²) in [7, 11) is 0. The van der Waals surface area contributed by atoms with Gasteiger partial charge in [-0.3, -0.25) is 0 Å². The molecule has 0 aliphatic carbocycles. The van der Waals surface area contributed by atoms with Crippen LogP contribution in [0.2, 0.25) is 0 Å². The summed E-state index contributed by atoms with van der Waals surface area (Å²) in [4.78, 5) is 0. The van der Waals surface area contributed by atoms with Crippen LogP contribution < -0.4 is 4.74 Å². The van der Waals surface area contributed by atoms with Crippen molar-refractivity contribution in [1.82, 2.24) is 0 Å². The van der Waals surface area contributed by atoms with Crippen LogP contribution in [0.3, 0.4) is 0 Å². The molecule has 0 unspecified atom stereocenters. The minimum Gasteiger partial charge on any atom is -0.494 e. The molecule has 0 aliphatic rings. The van der Waals surface area contributed by atoms with E-state index in [0.29, 0.717) is 0 Å². The number of ether oxygens (including phenoxy) is 1. The third-order valence-electron chi connectivity index (χ3n) is 2.46. The van der Waals surface area contributed by atoms with Crippen LogP contribution in [0.15, 0.2) is 54.6 Å². The predicted molar refractivity (Wildman–Crippen MR) is 71.2 cm³/mol. The topological polar surface area (TPSA) is 9.23 Å². The Kier molecular flexibility index (Phi) is 4.20. The minimum atomic E-state index is 0.773. The molecule has 0 aliphatic heterocycles. The highest BCUT2D eigenvalue weighted by molar-refractivity contribution is 5.40. The second-order valence-electron chi connectivity index (χ2n) is 3.98. The van der Waals surface area contributed by atoms with Gasteiger partial charge < -0.3 is 4.74 Å². The monoisotopic (exact) mass is 225 g/mol. The zero-order chi connectivity index (χ0) is 11.9. The van der Waals surface area contributed by atoms with Crippen molar-refractivity contribution in [2.75, 3.05) is 6.61 Å². The van der Waals surface area contributed by atoms with Crippen molar-refractivity contribution >= 4 is 0 Å². The standard InChI is InChI=1S/C16H17O/c1-2-11-17-16-10-6-9-15(13-16)12-14-7-4-3-5-8-14/h3-10,12-13H,2,11H2,1H3. The van der Waals surface area contributed by atoms with Gasteiger partial charge in [-0.25, -0.2) is 0 Å². The molecule has 17 heavy (non-hydrogen) atoms. The summed E-state index contributed by atoms with van der Waals surface area (Å²) in [5, 5.41) is 0. The molecule has 0 bridgehead atoms. The average Bonchev–Trinajstić information content (AvgIpc) is 2.38. The van der Waals surface area contributed by atoms with Crippen molar-refractivity contribution in [3.8, 4) is 5.75 Å². The van der Waals surface area contributed by atoms with Gasteiger partial charge in [-0.2, -0.15) is 0 Å². The summed E-state index contributed by atoms with van der Waals surface area (Å²) >= 11 is 0. The van der Waals surface area contributed by atoms with Crippen LogP contribution >= 0.6 is 0 Å². The largest absolute Gasteiger partial charge is 0.494 e. The highest BCUT2D eigenvalue weighted by atomic mass is 16.5. The predicted octanol–water partition coefficient (Wildman–Crippen LogP) is 4.08. The van der Waals surface area contributed by atoms with Gasteiger partial charge in [0.2, 0.25) is 0 Å². The van der Waals surface area contributed by atoms with E-state index in [1.165, 1.54) is 11.1 Å². The van der Waals surface area contributed by atoms with Gasteiger partial charge >= 0.3 is 0 Å². The number of hydrogen-bond acceptors (Lipinski definition) is 1. The van der Waals surface area contributed by atoms with E-state index in [1.807, 2.05) is 30.3 Å². The lowest BCUT2D eigenvalue weighted by Gasteiger charge is -2.06. The molecule has 0 fully saturated rings. The molecule has 1 heteroatoms. The molecule has 0 amide bonds. The van der Waals surface area contributed by atoms with E-state index in [1.54, 1.807) is 0 Å². The van der Waals surface area contributed by atoms with Gasteiger partial charge in [0.25, 0.3) is 0 Å². The highest BCUT2D eigenvalue weighted by Gasteiger charge is 1.98. The second kappa shape index (κ2) is 6.09. The van der Waals surface area contributed by atoms with Crippen molar-refractivity contribution in [2.45, 2.75) is 13.3 Å². The second-order valence-corrected chi connectivity index (χ2v) is 3.98. The maximum absolute atomic E-state index is 5.61. The molecule has 0 saturated carbocycles. The van der Waals surface area contributed by atoms with E-state index < -0.39 is 0 Å². The molecule has 2 aromatic rings. The smallest absolute Gasteiger partial charge is 0.119 e. The maximum Gasteiger partial charge on any atom is 0.119 e. The fourth-order valence-electron chi connectivity index (χ4n) is 1.66. The van der Waals surface area contributed by atoms with Crippen LogP contribution in [-0.2, 0) is 0 Å². The van der Waals surface area contributed by atoms with Crippen molar-refractivity contribution in [2.24, 2.45) is 0 Å². The van der Waals surface area contributed by atoms with E-state index in [0.717, 1.165) is 18.8 Å². The SMILES string of the molecule is CCCOc1cccc([CH]c2ccccc2)c1. The zero-order valence-electron chi connectivity index (χ0n) is 10.1. The Hall–Kier alpha value is -1.76. The molecule has 0 N–H and O–H groups in total. The van der Waals surface area contributed by atoms with Crippen molar-refractivity contribution in [1.29, 1.82) is 0 Å². The first-order chi connectivity index (χ1) is 8.38. The third-order valence-corrected chi connectivity index (χ3v) is 2.46. The third kappa shape index (κ3) is 3.63. The molecular formula is C16H17O. The molecule has 0 atom stereocenters. The van der Waals surface area contributed by atoms with E-state index in [4.69, 9.17) is 4.74 Å². The van der Waals surface area contributed by atoms with Crippen molar-refractivity contribution in [3.05, 3.63) is 72.1 Å². The summed E-state index contributed by atoms with van der Waals surface area (Å²) in [6.45, 7) is 2.88. The number of benzene rings is 2. The summed E-state index contributed by atoms with van der Waals surface area (Å²) < 4.78 is 5.61. The van der Waals surface area contributed by atoms with Crippen LogP contribution in [0.4, 0.5) is 0 Å². The lowest BCUT2D eigenvalue weighted by molar-refractivity contribution is 0.317. The lowest BCUT2D eigenvalue weighted by atomic mass is 10.1. The summed E-state index contributed by atoms with van der Waals surface area (Å²) in [6, 6.07) is 18.5. The van der Waals surface area contributed by atoms with Crippen LogP contribution in [0, 0.1) is 6.42 Å². The van der Waals surface area contributed by atoms with E-state index >= 15 is 0 Å². The van der Waals surface area contributed by atoms with Gasteiger partial charge in [0.05, 0.1) is 6.61 Å². The fourth-order valence-corrected chi connectivity index (χ4v) is 1.66. The van der Waals surface area contributed by atoms with Crippen LogP contribution in [0.25, 0.3) is 0 Å². The Morgan fingerprint density at radius 3 is 2.47 bits per heavy atom. The van der Waals surface area contributed by atoms with E-state index in [9.17, 15) is 0 Å². The van der Waals surface area contributed by atoms with Crippen molar-refractivity contribution < 1.29 is 4.74 Å². The number of rotatable bonds is 5. The van der Waals surface area contributed by atoms with Crippen LogP contribution in [0.5, 0.6) is 5.75 Å². The molecule has 0 saturated heterocycles. The summed E-state index contributed by atoms with van der Waals surface area (Å²) in [6.07, 6.45) is 3.19. The summed E-state index contributed by atoms with van der Waals surface area (Å²) in [5.41, 5.74) is 2.38. The number of hydrogen-bond donors (Lipinski definition) is 0. The Balaban J connectivity index is 2.06. The van der Waals surface area contributed by atoms with E-state index in [-0.39, 0.29) is 0 Å². The average molecular weight is 225 g/mol. The van der Waals surface area contributed by atoms with Gasteiger partial charge in [0.1, 0.15) is 5.75 Å². The molecule has 87 valence electrons. The van der Waals surface area contributed by atoms with Crippen molar-refractivity contribution in [3.63, 3.8) is 0 Å². The Bertz CT molecular complexity index is 448. The van der Waals surface area contributed by atoms with Crippen LogP contribution in [0.1, 0.15) is 24.5 Å². The van der Waals surface area contributed by atoms with Gasteiger partial charge in [0.15, 0.2) is 0 Å². The molecule has 0 aromatic heterocycles. The Morgan fingerprint density at radius 1 is 0.941 bits per heavy atom. The van der Waals surface area contributed by atoms with E-state index in [2.05, 4.69) is 37.6 Å². The van der Waals surface area contributed by atoms with Gasteiger partial charge in [0, 0.05) is 6.42 Å².